The van der Waals surface area contributed by atoms with Gasteiger partial charge in [0.2, 0.25) is 5.95 Å². The monoisotopic (exact) mass is 316 g/mol. The molecule has 1 aliphatic rings. The molecule has 2 atom stereocenters. The van der Waals surface area contributed by atoms with E-state index in [1.165, 1.54) is 11.8 Å². The molecule has 1 N–H and O–H groups in total. The Hall–Kier alpha value is -1.32. The summed E-state index contributed by atoms with van der Waals surface area (Å²) in [7, 11) is 3.33. The number of hydrogen-bond acceptors (Lipinski definition) is 7. The van der Waals surface area contributed by atoms with Crippen LogP contribution in [0.15, 0.2) is 5.16 Å². The molecule has 0 saturated carbocycles. The second kappa shape index (κ2) is 7.10. The first-order chi connectivity index (χ1) is 10.1. The largest absolute Gasteiger partial charge is 0.481 e. The Balaban J connectivity index is 2.15. The number of carboxylic acids is 1. The minimum atomic E-state index is -0.868. The highest BCUT2D eigenvalue weighted by molar-refractivity contribution is 7.99. The van der Waals surface area contributed by atoms with Gasteiger partial charge < -0.3 is 19.5 Å². The van der Waals surface area contributed by atoms with Gasteiger partial charge >= 0.3 is 5.97 Å². The van der Waals surface area contributed by atoms with Gasteiger partial charge in [0, 0.05) is 33.9 Å². The number of aromatic nitrogens is 3. The zero-order valence-corrected chi connectivity index (χ0v) is 13.2. The maximum atomic E-state index is 10.7. The van der Waals surface area contributed by atoms with Crippen LogP contribution in [0.1, 0.15) is 6.92 Å². The highest BCUT2D eigenvalue weighted by atomic mass is 32.2. The number of aliphatic carboxylic acids is 1. The molecule has 2 rings (SSSR count). The molecule has 0 amide bonds. The minimum absolute atomic E-state index is 0.00729. The van der Waals surface area contributed by atoms with Crippen molar-refractivity contribution in [1.29, 1.82) is 0 Å². The van der Waals surface area contributed by atoms with E-state index in [1.807, 2.05) is 11.5 Å². The molecule has 9 heteroatoms. The van der Waals surface area contributed by atoms with Crippen LogP contribution in [0.3, 0.4) is 0 Å². The molecule has 1 aromatic rings. The van der Waals surface area contributed by atoms with Gasteiger partial charge in [-0.05, 0) is 6.92 Å². The van der Waals surface area contributed by atoms with E-state index in [9.17, 15) is 4.79 Å². The van der Waals surface area contributed by atoms with Crippen molar-refractivity contribution in [3.8, 4) is 0 Å². The highest BCUT2D eigenvalue weighted by Crippen LogP contribution is 2.26. The molecule has 0 aromatic carbocycles. The average molecular weight is 316 g/mol. The third-order valence-electron chi connectivity index (χ3n) is 3.44. The van der Waals surface area contributed by atoms with Gasteiger partial charge in [0.15, 0.2) is 5.16 Å². The van der Waals surface area contributed by atoms with Crippen LogP contribution in [-0.4, -0.2) is 71.1 Å². The number of hydrogen-bond donors (Lipinski definition) is 1. The van der Waals surface area contributed by atoms with E-state index >= 15 is 0 Å². The van der Waals surface area contributed by atoms with Crippen molar-refractivity contribution in [2.75, 3.05) is 38.0 Å². The molecule has 0 bridgehead atoms. The van der Waals surface area contributed by atoms with E-state index < -0.39 is 5.97 Å². The van der Waals surface area contributed by atoms with Crippen LogP contribution in [0.25, 0.3) is 0 Å². The lowest BCUT2D eigenvalue weighted by Crippen LogP contribution is -2.27. The summed E-state index contributed by atoms with van der Waals surface area (Å²) < 4.78 is 12.8. The third-order valence-corrected chi connectivity index (χ3v) is 4.39. The summed E-state index contributed by atoms with van der Waals surface area (Å²) in [6, 6.07) is 0. The molecule has 0 radical (unpaired) electrons. The predicted octanol–water partition coefficient (Wildman–Crippen LogP) is 0.325. The van der Waals surface area contributed by atoms with Crippen molar-refractivity contribution < 1.29 is 19.4 Å². The molecule has 1 aromatic heterocycles. The quantitative estimate of drug-likeness (QED) is 0.720. The summed E-state index contributed by atoms with van der Waals surface area (Å²) in [5.74, 6) is -0.168. The van der Waals surface area contributed by atoms with Gasteiger partial charge in [-0.15, -0.1) is 10.2 Å². The fourth-order valence-electron chi connectivity index (χ4n) is 2.38. The fourth-order valence-corrected chi connectivity index (χ4v) is 3.10. The Labute approximate surface area is 127 Å². The number of nitrogens with zero attached hydrogens (tertiary/aromatic N) is 4. The van der Waals surface area contributed by atoms with E-state index in [0.29, 0.717) is 24.8 Å². The molecule has 118 valence electrons. The number of anilines is 1. The third kappa shape index (κ3) is 3.47. The Morgan fingerprint density at radius 1 is 1.33 bits per heavy atom. The molecule has 2 heterocycles. The molecule has 1 fully saturated rings. The van der Waals surface area contributed by atoms with E-state index in [0.717, 1.165) is 5.95 Å². The Kier molecular flexibility index (Phi) is 5.43. The molecule has 21 heavy (non-hydrogen) atoms. The molecule has 8 nitrogen and oxygen atoms in total. The van der Waals surface area contributed by atoms with E-state index in [2.05, 4.69) is 15.1 Å². The molecule has 1 saturated heterocycles. The summed E-state index contributed by atoms with van der Waals surface area (Å²) >= 11 is 1.17. The van der Waals surface area contributed by atoms with Crippen molar-refractivity contribution >= 4 is 23.7 Å². The van der Waals surface area contributed by atoms with Crippen LogP contribution >= 0.6 is 11.8 Å². The fraction of sp³-hybridized carbons (Fsp3) is 0.750. The molecule has 0 aliphatic carbocycles. The first-order valence-electron chi connectivity index (χ1n) is 6.69. The molecular formula is C12H20N4O4S. The lowest BCUT2D eigenvalue weighted by atomic mass is 10.3. The smallest absolute Gasteiger partial charge is 0.313 e. The van der Waals surface area contributed by atoms with Crippen LogP contribution in [0, 0.1) is 0 Å². The van der Waals surface area contributed by atoms with Gasteiger partial charge in [0.05, 0.1) is 5.75 Å². The Morgan fingerprint density at radius 3 is 2.43 bits per heavy atom. The number of thioether (sulfide) groups is 1. The van der Waals surface area contributed by atoms with Crippen LogP contribution < -0.4 is 4.90 Å². The number of rotatable bonds is 7. The van der Waals surface area contributed by atoms with E-state index in [4.69, 9.17) is 14.6 Å². The molecule has 2 unspecified atom stereocenters. The maximum absolute atomic E-state index is 10.7. The van der Waals surface area contributed by atoms with Gasteiger partial charge in [-0.2, -0.15) is 0 Å². The normalized spacial score (nSPS) is 22.0. The maximum Gasteiger partial charge on any atom is 0.313 e. The molecule has 1 aliphatic heterocycles. The van der Waals surface area contributed by atoms with Crippen molar-refractivity contribution in [3.63, 3.8) is 0 Å². The summed E-state index contributed by atoms with van der Waals surface area (Å²) in [5, 5.41) is 17.7. The minimum Gasteiger partial charge on any atom is -0.481 e. The van der Waals surface area contributed by atoms with Crippen molar-refractivity contribution in [1.82, 2.24) is 14.8 Å². The zero-order valence-electron chi connectivity index (χ0n) is 12.4. The Bertz CT molecular complexity index is 484. The summed E-state index contributed by atoms with van der Waals surface area (Å²) in [6.07, 6.45) is -0.0146. The topological polar surface area (TPSA) is 89.7 Å². The lowest BCUT2D eigenvalue weighted by molar-refractivity contribution is -0.133. The second-order valence-corrected chi connectivity index (χ2v) is 5.61. The first kappa shape index (κ1) is 16.1. The van der Waals surface area contributed by atoms with Gasteiger partial charge in [-0.1, -0.05) is 11.8 Å². The lowest BCUT2D eigenvalue weighted by Gasteiger charge is -2.17. The number of carboxylic acid groups (broad SMARTS) is 1. The zero-order chi connectivity index (χ0) is 15.4. The van der Waals surface area contributed by atoms with Gasteiger partial charge in [0.1, 0.15) is 12.2 Å². The number of carbonyl (C=O) groups is 1. The number of ether oxygens (including phenoxy) is 2. The van der Waals surface area contributed by atoms with Crippen LogP contribution in [0.4, 0.5) is 5.95 Å². The van der Waals surface area contributed by atoms with Crippen molar-refractivity contribution in [2.24, 2.45) is 0 Å². The standard InChI is InChI=1S/C12H20N4O4S/c1-4-16-11(13-14-12(16)21-7-10(17)18)15-5-8(19-2)9(6-15)20-3/h8-9H,4-7H2,1-3H3,(H,17,18). The van der Waals surface area contributed by atoms with Crippen molar-refractivity contribution in [2.45, 2.75) is 30.8 Å². The van der Waals surface area contributed by atoms with E-state index in [1.54, 1.807) is 14.2 Å². The van der Waals surface area contributed by atoms with Gasteiger partial charge in [0.25, 0.3) is 0 Å². The first-order valence-corrected chi connectivity index (χ1v) is 7.67. The highest BCUT2D eigenvalue weighted by Gasteiger charge is 2.35. The van der Waals surface area contributed by atoms with Crippen LogP contribution in [0.5, 0.6) is 0 Å². The summed E-state index contributed by atoms with van der Waals surface area (Å²) in [6.45, 7) is 4.01. The molecule has 0 spiro atoms. The van der Waals surface area contributed by atoms with E-state index in [-0.39, 0.29) is 18.0 Å². The Morgan fingerprint density at radius 2 is 1.95 bits per heavy atom. The van der Waals surface area contributed by atoms with Gasteiger partial charge in [-0.25, -0.2) is 0 Å². The number of methoxy groups -OCH3 is 2. The average Bonchev–Trinajstić information content (AvgIpc) is 3.07. The SMILES string of the molecule is CCn1c(SCC(=O)O)nnc1N1CC(OC)C(OC)C1. The summed E-state index contributed by atoms with van der Waals surface area (Å²) in [4.78, 5) is 12.7. The predicted molar refractivity (Wildman–Crippen MR) is 77.9 cm³/mol. The van der Waals surface area contributed by atoms with Crippen molar-refractivity contribution in [3.05, 3.63) is 0 Å². The second-order valence-electron chi connectivity index (χ2n) is 4.66. The van der Waals surface area contributed by atoms with Gasteiger partial charge in [-0.3, -0.25) is 9.36 Å². The van der Waals surface area contributed by atoms with Crippen LogP contribution in [0.2, 0.25) is 0 Å². The summed E-state index contributed by atoms with van der Waals surface area (Å²) in [5.41, 5.74) is 0. The van der Waals surface area contributed by atoms with Crippen LogP contribution in [-0.2, 0) is 20.8 Å². The molecular weight excluding hydrogens is 296 g/mol.